The van der Waals surface area contributed by atoms with Crippen LogP contribution in [0.1, 0.15) is 30.9 Å². The Hall–Kier alpha value is -0.380. The quantitative estimate of drug-likeness (QED) is 0.388. The lowest BCUT2D eigenvalue weighted by atomic mass is 10.1. The van der Waals surface area contributed by atoms with Gasteiger partial charge in [0, 0.05) is 5.33 Å². The molecule has 21 heavy (non-hydrogen) atoms. The highest BCUT2D eigenvalue weighted by Gasteiger charge is 2.09. The lowest BCUT2D eigenvalue weighted by Crippen LogP contribution is -2.03. The van der Waals surface area contributed by atoms with Gasteiger partial charge >= 0.3 is 0 Å². The fraction of sp³-hybridized carbons (Fsp3) is 0.500. The summed E-state index contributed by atoms with van der Waals surface area (Å²) in [4.78, 5) is 0. The van der Waals surface area contributed by atoms with Crippen LogP contribution in [-0.2, 0) is 6.42 Å². The number of unbranched alkanes of at least 4 members (excludes halogenated alkanes) is 1. The van der Waals surface area contributed by atoms with Crippen LogP contribution in [0, 0.1) is 6.92 Å². The van der Waals surface area contributed by atoms with E-state index in [0.717, 1.165) is 53.8 Å². The Morgan fingerprint density at radius 3 is 2.62 bits per heavy atom. The minimum atomic E-state index is 0.217. The number of rotatable bonds is 9. The third kappa shape index (κ3) is 6.94. The first-order valence-corrected chi connectivity index (χ1v) is 8.92. The van der Waals surface area contributed by atoms with Gasteiger partial charge in [0.25, 0.3) is 0 Å². The van der Waals surface area contributed by atoms with Crippen LogP contribution < -0.4 is 9.47 Å². The minimum absolute atomic E-state index is 0.217. The predicted octanol–water partition coefficient (Wildman–Crippen LogP) is 5.81. The van der Waals surface area contributed by atoms with Crippen LogP contribution in [0.4, 0.5) is 0 Å². The van der Waals surface area contributed by atoms with E-state index in [0.29, 0.717) is 6.61 Å². The number of aryl methyl sites for hydroxylation is 2. The van der Waals surface area contributed by atoms with Gasteiger partial charge in [0.2, 0.25) is 0 Å². The molecule has 0 spiro atoms. The van der Waals surface area contributed by atoms with Gasteiger partial charge in [-0.2, -0.15) is 0 Å². The van der Waals surface area contributed by atoms with E-state index in [4.69, 9.17) is 32.7 Å². The third-order valence-electron chi connectivity index (χ3n) is 2.97. The predicted molar refractivity (Wildman–Crippen MR) is 94.4 cm³/mol. The highest BCUT2D eigenvalue weighted by Crippen LogP contribution is 2.30. The molecule has 0 radical (unpaired) electrons. The first-order chi connectivity index (χ1) is 10.1. The molecule has 0 saturated heterocycles. The van der Waals surface area contributed by atoms with Crippen LogP contribution >= 0.6 is 39.1 Å². The van der Waals surface area contributed by atoms with Gasteiger partial charge in [-0.25, -0.2) is 0 Å². The molecule has 0 aliphatic rings. The van der Waals surface area contributed by atoms with Crippen molar-refractivity contribution >= 4 is 39.1 Å². The van der Waals surface area contributed by atoms with Crippen molar-refractivity contribution in [1.29, 1.82) is 0 Å². The van der Waals surface area contributed by atoms with E-state index >= 15 is 0 Å². The van der Waals surface area contributed by atoms with Crippen LogP contribution in [0.5, 0.6) is 11.5 Å². The number of benzene rings is 1. The molecular weight excluding hydrogens is 375 g/mol. The fourth-order valence-corrected chi connectivity index (χ4v) is 2.46. The molecule has 0 unspecified atom stereocenters. The molecule has 0 bridgehead atoms. The van der Waals surface area contributed by atoms with Crippen molar-refractivity contribution in [1.82, 2.24) is 0 Å². The molecule has 0 aliphatic carbocycles. The van der Waals surface area contributed by atoms with E-state index in [1.807, 2.05) is 19.1 Å². The molecule has 1 aromatic carbocycles. The molecular formula is C16H21BrCl2O2. The molecule has 5 heteroatoms. The van der Waals surface area contributed by atoms with Crippen molar-refractivity contribution in [3.8, 4) is 11.5 Å². The molecule has 1 aromatic rings. The topological polar surface area (TPSA) is 18.5 Å². The molecule has 2 nitrogen and oxygen atoms in total. The average Bonchev–Trinajstić information content (AvgIpc) is 2.44. The van der Waals surface area contributed by atoms with Crippen LogP contribution in [0.25, 0.3) is 0 Å². The second-order valence-corrected chi connectivity index (χ2v) is 6.43. The molecule has 0 aromatic heterocycles. The second kappa shape index (κ2) is 10.4. The first-order valence-electron chi connectivity index (χ1n) is 7.04. The maximum Gasteiger partial charge on any atom is 0.125 e. The van der Waals surface area contributed by atoms with Gasteiger partial charge in [-0.15, -0.1) is 0 Å². The maximum atomic E-state index is 5.93. The lowest BCUT2D eigenvalue weighted by Gasteiger charge is -2.15. The number of alkyl halides is 1. The summed E-state index contributed by atoms with van der Waals surface area (Å²) in [7, 11) is 0. The highest BCUT2D eigenvalue weighted by molar-refractivity contribution is 9.09. The molecule has 0 heterocycles. The summed E-state index contributed by atoms with van der Waals surface area (Å²) < 4.78 is 11.8. The number of hydrogen-bond acceptors (Lipinski definition) is 2. The highest BCUT2D eigenvalue weighted by atomic mass is 79.9. The Labute approximate surface area is 145 Å². The largest absolute Gasteiger partial charge is 0.493 e. The number of ether oxygens (including phenoxy) is 2. The summed E-state index contributed by atoms with van der Waals surface area (Å²) in [5.41, 5.74) is 2.24. The molecule has 0 N–H and O–H groups in total. The Kier molecular flexibility index (Phi) is 9.21. The number of halogens is 3. The number of hydrogen-bond donors (Lipinski definition) is 0. The van der Waals surface area contributed by atoms with Crippen LogP contribution in [0.3, 0.4) is 0 Å². The van der Waals surface area contributed by atoms with Crippen molar-refractivity contribution in [2.45, 2.75) is 33.1 Å². The second-order valence-electron chi connectivity index (χ2n) is 4.63. The van der Waals surface area contributed by atoms with Crippen molar-refractivity contribution in [3.05, 3.63) is 33.8 Å². The zero-order valence-corrected chi connectivity index (χ0v) is 15.5. The van der Waals surface area contributed by atoms with E-state index in [-0.39, 0.29) is 4.49 Å². The van der Waals surface area contributed by atoms with E-state index in [1.54, 1.807) is 6.08 Å². The van der Waals surface area contributed by atoms with Gasteiger partial charge in [0.15, 0.2) is 0 Å². The van der Waals surface area contributed by atoms with E-state index in [1.165, 1.54) is 0 Å². The van der Waals surface area contributed by atoms with E-state index in [9.17, 15) is 0 Å². The van der Waals surface area contributed by atoms with Crippen molar-refractivity contribution in [2.24, 2.45) is 0 Å². The minimum Gasteiger partial charge on any atom is -0.493 e. The van der Waals surface area contributed by atoms with Gasteiger partial charge in [-0.3, -0.25) is 0 Å². The first kappa shape index (κ1) is 18.7. The van der Waals surface area contributed by atoms with Gasteiger partial charge in [0.1, 0.15) is 22.6 Å². The molecule has 0 atom stereocenters. The summed E-state index contributed by atoms with van der Waals surface area (Å²) in [6, 6.07) is 4.00. The van der Waals surface area contributed by atoms with Crippen molar-refractivity contribution in [3.63, 3.8) is 0 Å². The molecule has 0 saturated carbocycles. The van der Waals surface area contributed by atoms with Gasteiger partial charge in [-0.1, -0.05) is 46.1 Å². The Morgan fingerprint density at radius 2 is 2.00 bits per heavy atom. The van der Waals surface area contributed by atoms with Crippen LogP contribution in [-0.4, -0.2) is 18.5 Å². The molecule has 0 aliphatic heterocycles. The normalized spacial score (nSPS) is 10.3. The summed E-state index contributed by atoms with van der Waals surface area (Å²) >= 11 is 14.6. The smallest absolute Gasteiger partial charge is 0.125 e. The summed E-state index contributed by atoms with van der Waals surface area (Å²) in [6.07, 6.45) is 4.69. The van der Waals surface area contributed by atoms with Crippen molar-refractivity contribution < 1.29 is 9.47 Å². The summed E-state index contributed by atoms with van der Waals surface area (Å²) in [5.74, 6) is 1.79. The Balaban J connectivity index is 2.74. The van der Waals surface area contributed by atoms with Gasteiger partial charge in [0.05, 0.1) is 6.61 Å². The molecule has 0 fully saturated rings. The monoisotopic (exact) mass is 394 g/mol. The maximum absolute atomic E-state index is 5.93. The Bertz CT molecular complexity index is 472. The summed E-state index contributed by atoms with van der Waals surface area (Å²) in [6.45, 7) is 5.25. The summed E-state index contributed by atoms with van der Waals surface area (Å²) in [5, 5.41) is 1.01. The zero-order chi connectivity index (χ0) is 15.7. The van der Waals surface area contributed by atoms with Gasteiger partial charge in [-0.05, 0) is 55.5 Å². The van der Waals surface area contributed by atoms with E-state index in [2.05, 4.69) is 22.9 Å². The third-order valence-corrected chi connectivity index (χ3v) is 3.84. The average molecular weight is 396 g/mol. The lowest BCUT2D eigenvalue weighted by molar-refractivity contribution is 0.303. The molecule has 118 valence electrons. The Morgan fingerprint density at radius 1 is 1.24 bits per heavy atom. The SMILES string of the molecule is CCc1cc(OCC=C(Cl)Cl)cc(C)c1OCCCCBr. The molecule has 0 amide bonds. The molecule has 1 rings (SSSR count). The van der Waals surface area contributed by atoms with Crippen LogP contribution in [0.2, 0.25) is 0 Å². The van der Waals surface area contributed by atoms with Crippen molar-refractivity contribution in [2.75, 3.05) is 18.5 Å². The standard InChI is InChI=1S/C16H21BrCl2O2/c1-3-13-11-14(20-9-6-15(18)19)10-12(2)16(13)21-8-5-4-7-17/h6,10-11H,3-5,7-9H2,1-2H3. The fourth-order valence-electron chi connectivity index (χ4n) is 1.94. The van der Waals surface area contributed by atoms with Gasteiger partial charge < -0.3 is 9.47 Å². The van der Waals surface area contributed by atoms with E-state index < -0.39 is 0 Å². The van der Waals surface area contributed by atoms with Crippen LogP contribution in [0.15, 0.2) is 22.7 Å². The zero-order valence-electron chi connectivity index (χ0n) is 12.4.